The molecule has 0 bridgehead atoms. The first-order valence-corrected chi connectivity index (χ1v) is 5.88. The van der Waals surface area contributed by atoms with Crippen molar-refractivity contribution in [3.05, 3.63) is 29.6 Å². The Morgan fingerprint density at radius 1 is 1.44 bits per heavy atom. The van der Waals surface area contributed by atoms with Gasteiger partial charge < -0.3 is 10.6 Å². The van der Waals surface area contributed by atoms with E-state index >= 15 is 0 Å². The molecule has 0 saturated heterocycles. The third-order valence-corrected chi connectivity index (χ3v) is 3.48. The third kappa shape index (κ3) is 1.92. The quantitative estimate of drug-likeness (QED) is 0.852. The fourth-order valence-corrected chi connectivity index (χ4v) is 2.23. The van der Waals surface area contributed by atoms with Crippen molar-refractivity contribution in [2.24, 2.45) is 5.73 Å². The van der Waals surface area contributed by atoms with E-state index in [1.807, 2.05) is 20.0 Å². The highest BCUT2D eigenvalue weighted by molar-refractivity contribution is 5.56. The second-order valence-corrected chi connectivity index (χ2v) is 4.66. The van der Waals surface area contributed by atoms with Crippen molar-refractivity contribution >= 4 is 5.69 Å². The predicted molar refractivity (Wildman–Crippen MR) is 65.0 cm³/mol. The molecule has 88 valence electrons. The standard InChI is InChI=1S/C13H19FN2/c1-9(15)11-7-4-8-12(14)13(11)16(2)10-5-3-6-10/h4,7-10H,3,5-6,15H2,1-2H3. The number of anilines is 1. The van der Waals surface area contributed by atoms with Gasteiger partial charge in [-0.25, -0.2) is 4.39 Å². The molecule has 2 rings (SSSR count). The molecule has 2 nitrogen and oxygen atoms in total. The third-order valence-electron chi connectivity index (χ3n) is 3.48. The van der Waals surface area contributed by atoms with Crippen LogP contribution in [0.25, 0.3) is 0 Å². The van der Waals surface area contributed by atoms with E-state index < -0.39 is 0 Å². The SMILES string of the molecule is CC(N)c1cccc(F)c1N(C)C1CCC1. The van der Waals surface area contributed by atoms with Crippen molar-refractivity contribution in [2.45, 2.75) is 38.3 Å². The van der Waals surface area contributed by atoms with Crippen LogP contribution in [0, 0.1) is 5.82 Å². The van der Waals surface area contributed by atoms with Gasteiger partial charge in [-0.3, -0.25) is 0 Å². The van der Waals surface area contributed by atoms with Crippen LogP contribution >= 0.6 is 0 Å². The zero-order valence-electron chi connectivity index (χ0n) is 9.91. The summed E-state index contributed by atoms with van der Waals surface area (Å²) in [4.78, 5) is 2.05. The number of halogens is 1. The molecule has 0 amide bonds. The highest BCUT2D eigenvalue weighted by Crippen LogP contribution is 2.34. The molecule has 0 aromatic heterocycles. The summed E-state index contributed by atoms with van der Waals surface area (Å²) in [6, 6.07) is 5.50. The Hall–Kier alpha value is -1.09. The van der Waals surface area contributed by atoms with E-state index in [-0.39, 0.29) is 11.9 Å². The maximum atomic E-state index is 13.9. The molecule has 0 aliphatic heterocycles. The first-order valence-electron chi connectivity index (χ1n) is 5.88. The van der Waals surface area contributed by atoms with Crippen molar-refractivity contribution in [1.82, 2.24) is 0 Å². The van der Waals surface area contributed by atoms with Crippen LogP contribution in [0.4, 0.5) is 10.1 Å². The van der Waals surface area contributed by atoms with E-state index in [0.29, 0.717) is 11.7 Å². The summed E-state index contributed by atoms with van der Waals surface area (Å²) in [6.07, 6.45) is 3.56. The number of nitrogens with two attached hydrogens (primary N) is 1. The van der Waals surface area contributed by atoms with Crippen molar-refractivity contribution < 1.29 is 4.39 Å². The van der Waals surface area contributed by atoms with Crippen molar-refractivity contribution in [3.8, 4) is 0 Å². The molecule has 1 aromatic rings. The Morgan fingerprint density at radius 2 is 2.12 bits per heavy atom. The Balaban J connectivity index is 2.36. The van der Waals surface area contributed by atoms with Gasteiger partial charge in [0.2, 0.25) is 0 Å². The minimum absolute atomic E-state index is 0.131. The molecule has 1 aliphatic carbocycles. The average molecular weight is 222 g/mol. The van der Waals surface area contributed by atoms with Crippen LogP contribution < -0.4 is 10.6 Å². The molecule has 0 spiro atoms. The van der Waals surface area contributed by atoms with Gasteiger partial charge in [-0.05, 0) is 37.8 Å². The van der Waals surface area contributed by atoms with Crippen LogP contribution in [0.2, 0.25) is 0 Å². The van der Waals surface area contributed by atoms with Crippen LogP contribution in [0.3, 0.4) is 0 Å². The lowest BCUT2D eigenvalue weighted by atomic mass is 9.90. The summed E-state index contributed by atoms with van der Waals surface area (Å²) < 4.78 is 13.9. The summed E-state index contributed by atoms with van der Waals surface area (Å²) in [5.74, 6) is -0.163. The van der Waals surface area contributed by atoms with E-state index in [1.54, 1.807) is 6.07 Å². The van der Waals surface area contributed by atoms with Crippen molar-refractivity contribution in [1.29, 1.82) is 0 Å². The number of benzene rings is 1. The number of hydrogen-bond donors (Lipinski definition) is 1. The molecule has 16 heavy (non-hydrogen) atoms. The molecule has 0 radical (unpaired) electrons. The van der Waals surface area contributed by atoms with E-state index in [9.17, 15) is 4.39 Å². The van der Waals surface area contributed by atoms with Gasteiger partial charge >= 0.3 is 0 Å². The van der Waals surface area contributed by atoms with Crippen LogP contribution in [0.5, 0.6) is 0 Å². The van der Waals surface area contributed by atoms with E-state index in [1.165, 1.54) is 12.5 Å². The summed E-state index contributed by atoms with van der Waals surface area (Å²) in [7, 11) is 1.97. The zero-order chi connectivity index (χ0) is 11.7. The molecule has 1 fully saturated rings. The summed E-state index contributed by atoms with van der Waals surface area (Å²) in [6.45, 7) is 1.90. The Kier molecular flexibility index (Phi) is 3.15. The normalized spacial score (nSPS) is 18.0. The molecule has 1 atom stereocenters. The maximum Gasteiger partial charge on any atom is 0.146 e. The number of hydrogen-bond acceptors (Lipinski definition) is 2. The molecule has 0 heterocycles. The maximum absolute atomic E-state index is 13.9. The largest absolute Gasteiger partial charge is 0.369 e. The molecule has 3 heteroatoms. The highest BCUT2D eigenvalue weighted by atomic mass is 19.1. The predicted octanol–water partition coefficient (Wildman–Crippen LogP) is 2.83. The van der Waals surface area contributed by atoms with E-state index in [2.05, 4.69) is 4.90 Å². The topological polar surface area (TPSA) is 29.3 Å². The van der Waals surface area contributed by atoms with Crippen LogP contribution in [0.1, 0.15) is 37.8 Å². The number of nitrogens with zero attached hydrogens (tertiary/aromatic N) is 1. The Morgan fingerprint density at radius 3 is 2.62 bits per heavy atom. The zero-order valence-corrected chi connectivity index (χ0v) is 9.91. The summed E-state index contributed by atoms with van der Waals surface area (Å²) >= 11 is 0. The molecule has 2 N–H and O–H groups in total. The van der Waals surface area contributed by atoms with Gasteiger partial charge in [-0.1, -0.05) is 12.1 Å². The Bertz CT molecular complexity index is 372. The lowest BCUT2D eigenvalue weighted by Gasteiger charge is -2.38. The van der Waals surface area contributed by atoms with Crippen molar-refractivity contribution in [2.75, 3.05) is 11.9 Å². The smallest absolute Gasteiger partial charge is 0.146 e. The van der Waals surface area contributed by atoms with E-state index in [4.69, 9.17) is 5.73 Å². The lowest BCUT2D eigenvalue weighted by Crippen LogP contribution is -2.38. The fourth-order valence-electron chi connectivity index (χ4n) is 2.23. The monoisotopic (exact) mass is 222 g/mol. The average Bonchev–Trinajstić information content (AvgIpc) is 2.14. The lowest BCUT2D eigenvalue weighted by molar-refractivity contribution is 0.397. The molecule has 1 unspecified atom stereocenters. The minimum Gasteiger partial charge on any atom is -0.369 e. The second kappa shape index (κ2) is 4.42. The molecule has 1 saturated carbocycles. The molecule has 1 aromatic carbocycles. The first kappa shape index (κ1) is 11.4. The second-order valence-electron chi connectivity index (χ2n) is 4.66. The summed E-state index contributed by atoms with van der Waals surface area (Å²) in [5, 5.41) is 0. The van der Waals surface area contributed by atoms with Gasteiger partial charge in [-0.15, -0.1) is 0 Å². The van der Waals surface area contributed by atoms with Crippen LogP contribution in [-0.2, 0) is 0 Å². The van der Waals surface area contributed by atoms with Gasteiger partial charge in [0.25, 0.3) is 0 Å². The molecule has 1 aliphatic rings. The fraction of sp³-hybridized carbons (Fsp3) is 0.538. The van der Waals surface area contributed by atoms with Gasteiger partial charge in [0.05, 0.1) is 5.69 Å². The van der Waals surface area contributed by atoms with Crippen LogP contribution in [0.15, 0.2) is 18.2 Å². The number of rotatable bonds is 3. The molecular weight excluding hydrogens is 203 g/mol. The van der Waals surface area contributed by atoms with Crippen molar-refractivity contribution in [3.63, 3.8) is 0 Å². The summed E-state index contributed by atoms with van der Waals surface area (Å²) in [5.41, 5.74) is 7.47. The minimum atomic E-state index is -0.163. The Labute approximate surface area is 96.2 Å². The first-order chi connectivity index (χ1) is 7.61. The van der Waals surface area contributed by atoms with Crippen LogP contribution in [-0.4, -0.2) is 13.1 Å². The molecular formula is C13H19FN2. The van der Waals surface area contributed by atoms with Gasteiger partial charge in [0.15, 0.2) is 0 Å². The van der Waals surface area contributed by atoms with Gasteiger partial charge in [0, 0.05) is 19.1 Å². The number of para-hydroxylation sites is 1. The van der Waals surface area contributed by atoms with E-state index in [0.717, 1.165) is 18.4 Å². The van der Waals surface area contributed by atoms with Gasteiger partial charge in [-0.2, -0.15) is 0 Å². The van der Waals surface area contributed by atoms with Gasteiger partial charge in [0.1, 0.15) is 5.82 Å². The highest BCUT2D eigenvalue weighted by Gasteiger charge is 2.26.